The topological polar surface area (TPSA) is 112 Å². The van der Waals surface area contributed by atoms with E-state index in [1.54, 1.807) is 12.3 Å². The van der Waals surface area contributed by atoms with Gasteiger partial charge in [0.25, 0.3) is 0 Å². The molecule has 1 aromatic carbocycles. The normalized spacial score (nSPS) is 17.0. The second-order valence-electron chi connectivity index (χ2n) is 9.56. The van der Waals surface area contributed by atoms with Crippen LogP contribution >= 0.6 is 0 Å². The lowest BCUT2D eigenvalue weighted by Crippen LogP contribution is -2.36. The van der Waals surface area contributed by atoms with E-state index in [0.29, 0.717) is 17.4 Å². The summed E-state index contributed by atoms with van der Waals surface area (Å²) in [5, 5.41) is 13.0. The molecule has 2 fully saturated rings. The van der Waals surface area contributed by atoms with E-state index in [2.05, 4.69) is 30.7 Å². The number of aromatic nitrogens is 3. The van der Waals surface area contributed by atoms with Crippen LogP contribution in [0.3, 0.4) is 0 Å². The molecule has 1 aliphatic carbocycles. The molecule has 0 bridgehead atoms. The Labute approximate surface area is 216 Å². The highest BCUT2D eigenvalue weighted by molar-refractivity contribution is 5.99. The number of nitrogens with zero attached hydrogens (tertiary/aromatic N) is 3. The first-order valence-electron chi connectivity index (χ1n) is 12.8. The SMILES string of the molecule is CC(C(=O)Nc1cc(C2CC2)[nH]n1)c1cccc(-c2ccc(NC(=O)C=CCN3CCOCC3)cn2)c1. The summed E-state index contributed by atoms with van der Waals surface area (Å²) in [6.07, 6.45) is 7.40. The first kappa shape index (κ1) is 24.9. The molecule has 3 aromatic rings. The van der Waals surface area contributed by atoms with Gasteiger partial charge < -0.3 is 15.4 Å². The molecule has 3 heterocycles. The largest absolute Gasteiger partial charge is 0.379 e. The number of carbonyl (C=O) groups is 2. The monoisotopic (exact) mass is 500 g/mol. The zero-order valence-electron chi connectivity index (χ0n) is 20.9. The van der Waals surface area contributed by atoms with Crippen molar-refractivity contribution in [3.63, 3.8) is 0 Å². The molecular formula is C28H32N6O3. The van der Waals surface area contributed by atoms with Gasteiger partial charge in [0, 0.05) is 49.0 Å². The zero-order chi connectivity index (χ0) is 25.6. The van der Waals surface area contributed by atoms with E-state index in [1.165, 1.54) is 12.8 Å². The summed E-state index contributed by atoms with van der Waals surface area (Å²) in [5.74, 6) is 0.453. The van der Waals surface area contributed by atoms with Crippen molar-refractivity contribution in [2.75, 3.05) is 43.5 Å². The molecule has 3 N–H and O–H groups in total. The minimum Gasteiger partial charge on any atom is -0.379 e. The van der Waals surface area contributed by atoms with Gasteiger partial charge in [0.2, 0.25) is 11.8 Å². The number of pyridine rings is 1. The summed E-state index contributed by atoms with van der Waals surface area (Å²) in [7, 11) is 0. The van der Waals surface area contributed by atoms with Crippen LogP contribution in [0.4, 0.5) is 11.5 Å². The average molecular weight is 501 g/mol. The van der Waals surface area contributed by atoms with Crippen LogP contribution in [0, 0.1) is 0 Å². The number of anilines is 2. The molecule has 5 rings (SSSR count). The number of hydrogen-bond acceptors (Lipinski definition) is 6. The molecule has 1 aliphatic heterocycles. The molecular weight excluding hydrogens is 468 g/mol. The maximum atomic E-state index is 12.8. The van der Waals surface area contributed by atoms with Crippen molar-refractivity contribution in [1.29, 1.82) is 0 Å². The van der Waals surface area contributed by atoms with Crippen LogP contribution in [0.2, 0.25) is 0 Å². The molecule has 0 radical (unpaired) electrons. The highest BCUT2D eigenvalue weighted by Gasteiger charge is 2.26. The summed E-state index contributed by atoms with van der Waals surface area (Å²) in [6.45, 7) is 5.84. The molecule has 1 atom stereocenters. The van der Waals surface area contributed by atoms with Crippen LogP contribution in [0.5, 0.6) is 0 Å². The lowest BCUT2D eigenvalue weighted by atomic mass is 9.97. The Morgan fingerprint density at radius 2 is 2.00 bits per heavy atom. The summed E-state index contributed by atoms with van der Waals surface area (Å²) < 4.78 is 5.33. The molecule has 9 nitrogen and oxygen atoms in total. The second kappa shape index (κ2) is 11.5. The molecule has 1 unspecified atom stereocenters. The first-order chi connectivity index (χ1) is 18.0. The van der Waals surface area contributed by atoms with Crippen LogP contribution in [-0.4, -0.2) is 64.7 Å². The zero-order valence-corrected chi connectivity index (χ0v) is 20.9. The first-order valence-corrected chi connectivity index (χ1v) is 12.8. The average Bonchev–Trinajstić information content (AvgIpc) is 3.68. The van der Waals surface area contributed by atoms with Gasteiger partial charge >= 0.3 is 0 Å². The summed E-state index contributed by atoms with van der Waals surface area (Å²) in [4.78, 5) is 31.8. The third-order valence-electron chi connectivity index (χ3n) is 6.71. The van der Waals surface area contributed by atoms with Gasteiger partial charge in [-0.15, -0.1) is 0 Å². The smallest absolute Gasteiger partial charge is 0.248 e. The third kappa shape index (κ3) is 6.69. The fourth-order valence-corrected chi connectivity index (χ4v) is 4.27. The second-order valence-corrected chi connectivity index (χ2v) is 9.56. The van der Waals surface area contributed by atoms with Crippen molar-refractivity contribution < 1.29 is 14.3 Å². The Hall–Kier alpha value is -3.82. The maximum Gasteiger partial charge on any atom is 0.248 e. The predicted octanol–water partition coefficient (Wildman–Crippen LogP) is 3.92. The van der Waals surface area contributed by atoms with Gasteiger partial charge in [-0.25, -0.2) is 0 Å². The minimum absolute atomic E-state index is 0.112. The number of aromatic amines is 1. The molecule has 2 aliphatic rings. The van der Waals surface area contributed by atoms with E-state index in [1.807, 2.05) is 55.5 Å². The van der Waals surface area contributed by atoms with Crippen LogP contribution in [0.1, 0.15) is 42.9 Å². The number of nitrogens with one attached hydrogen (secondary N) is 3. The Kier molecular flexibility index (Phi) is 7.72. The van der Waals surface area contributed by atoms with Gasteiger partial charge in [0.1, 0.15) is 0 Å². The molecule has 0 spiro atoms. The number of ether oxygens (including phenoxy) is 1. The van der Waals surface area contributed by atoms with Crippen LogP contribution in [-0.2, 0) is 14.3 Å². The standard InChI is InChI=1S/C28H32N6O3/c1-19(28(36)31-26-17-25(32-33-26)20-7-8-20)21-4-2-5-22(16-21)24-10-9-23(18-29-24)30-27(35)6-3-11-34-12-14-37-15-13-34/h2-6,9-10,16-20H,7-8,11-15H2,1H3,(H,30,35)(H2,31,32,33,36). The van der Waals surface area contributed by atoms with E-state index in [-0.39, 0.29) is 17.7 Å². The lowest BCUT2D eigenvalue weighted by molar-refractivity contribution is -0.117. The third-order valence-corrected chi connectivity index (χ3v) is 6.71. The van der Waals surface area contributed by atoms with Gasteiger partial charge in [-0.05, 0) is 43.5 Å². The van der Waals surface area contributed by atoms with Crippen LogP contribution in [0.15, 0.2) is 60.8 Å². The van der Waals surface area contributed by atoms with Gasteiger partial charge in [0.05, 0.1) is 36.7 Å². The Morgan fingerprint density at radius 3 is 2.76 bits per heavy atom. The van der Waals surface area contributed by atoms with E-state index >= 15 is 0 Å². The Bertz CT molecular complexity index is 1260. The van der Waals surface area contributed by atoms with Gasteiger partial charge in [0.15, 0.2) is 5.82 Å². The minimum atomic E-state index is -0.358. The molecule has 2 aromatic heterocycles. The summed E-state index contributed by atoms with van der Waals surface area (Å²) >= 11 is 0. The summed E-state index contributed by atoms with van der Waals surface area (Å²) in [5.41, 5.74) is 4.25. The number of hydrogen-bond donors (Lipinski definition) is 3. The van der Waals surface area contributed by atoms with E-state index in [4.69, 9.17) is 4.74 Å². The fourth-order valence-electron chi connectivity index (χ4n) is 4.27. The van der Waals surface area contributed by atoms with Crippen LogP contribution < -0.4 is 10.6 Å². The molecule has 1 saturated heterocycles. The number of carbonyl (C=O) groups excluding carboxylic acids is 2. The molecule has 1 saturated carbocycles. The van der Waals surface area contributed by atoms with E-state index in [9.17, 15) is 9.59 Å². The van der Waals surface area contributed by atoms with Gasteiger partial charge in [-0.2, -0.15) is 5.10 Å². The number of benzene rings is 1. The van der Waals surface area contributed by atoms with Crippen molar-refractivity contribution in [3.05, 3.63) is 72.1 Å². The molecule has 9 heteroatoms. The maximum absolute atomic E-state index is 12.8. The number of rotatable bonds is 9. The number of morpholine rings is 1. The quantitative estimate of drug-likeness (QED) is 0.384. The Balaban J connectivity index is 1.16. The molecule has 37 heavy (non-hydrogen) atoms. The fraction of sp³-hybridized carbons (Fsp3) is 0.357. The number of H-pyrrole nitrogens is 1. The molecule has 192 valence electrons. The summed E-state index contributed by atoms with van der Waals surface area (Å²) in [6, 6.07) is 13.4. The van der Waals surface area contributed by atoms with Gasteiger partial charge in [-0.1, -0.05) is 24.3 Å². The van der Waals surface area contributed by atoms with Crippen molar-refractivity contribution in [2.45, 2.75) is 31.6 Å². The van der Waals surface area contributed by atoms with Gasteiger partial charge in [-0.3, -0.25) is 24.6 Å². The van der Waals surface area contributed by atoms with Crippen molar-refractivity contribution in [3.8, 4) is 11.3 Å². The Morgan fingerprint density at radius 1 is 1.16 bits per heavy atom. The number of amides is 2. The van der Waals surface area contributed by atoms with Crippen molar-refractivity contribution >= 4 is 23.3 Å². The van der Waals surface area contributed by atoms with Crippen LogP contribution in [0.25, 0.3) is 11.3 Å². The highest BCUT2D eigenvalue weighted by atomic mass is 16.5. The van der Waals surface area contributed by atoms with E-state index < -0.39 is 0 Å². The lowest BCUT2D eigenvalue weighted by Gasteiger charge is -2.24. The highest BCUT2D eigenvalue weighted by Crippen LogP contribution is 2.39. The predicted molar refractivity (Wildman–Crippen MR) is 142 cm³/mol. The molecule has 2 amide bonds. The van der Waals surface area contributed by atoms with Crippen molar-refractivity contribution in [1.82, 2.24) is 20.1 Å². The van der Waals surface area contributed by atoms with Crippen molar-refractivity contribution in [2.24, 2.45) is 0 Å². The van der Waals surface area contributed by atoms with E-state index in [0.717, 1.165) is 55.4 Å².